The highest BCUT2D eigenvalue weighted by Crippen LogP contribution is 2.26. The molecule has 0 amide bonds. The molecule has 0 aliphatic carbocycles. The lowest BCUT2D eigenvalue weighted by Gasteiger charge is -2.04. The average molecular weight is 298 g/mol. The van der Waals surface area contributed by atoms with E-state index < -0.39 is 0 Å². The van der Waals surface area contributed by atoms with Gasteiger partial charge in [-0.25, -0.2) is 4.98 Å². The Morgan fingerprint density at radius 2 is 1.48 bits per heavy atom. The van der Waals surface area contributed by atoms with Gasteiger partial charge in [0.25, 0.3) is 0 Å². The Hall–Kier alpha value is -3.20. The molecule has 0 fully saturated rings. The topological polar surface area (TPSA) is 53.0 Å². The number of nitrogens with two attached hydrogens (primary N) is 1. The van der Waals surface area contributed by atoms with Gasteiger partial charge in [-0.2, -0.15) is 0 Å². The van der Waals surface area contributed by atoms with Gasteiger partial charge in [0.2, 0.25) is 0 Å². The van der Waals surface area contributed by atoms with Gasteiger partial charge in [0.1, 0.15) is 5.69 Å². The zero-order valence-electron chi connectivity index (χ0n) is 12.5. The van der Waals surface area contributed by atoms with E-state index in [9.17, 15) is 0 Å². The number of aromatic nitrogens is 2. The van der Waals surface area contributed by atoms with Crippen molar-refractivity contribution in [3.8, 4) is 22.6 Å². The van der Waals surface area contributed by atoms with E-state index in [1.807, 2.05) is 54.6 Å². The van der Waals surface area contributed by atoms with Crippen LogP contribution in [0.4, 0.5) is 5.69 Å². The van der Waals surface area contributed by atoms with Crippen molar-refractivity contribution in [2.75, 3.05) is 5.73 Å². The average Bonchev–Trinajstić information content (AvgIpc) is 2.61. The molecule has 0 atom stereocenters. The predicted molar refractivity (Wildman–Crippen MR) is 93.6 cm³/mol. The molecule has 0 saturated carbocycles. The quantitative estimate of drug-likeness (QED) is 0.569. The van der Waals surface area contributed by atoms with Gasteiger partial charge in [-0.15, -0.1) is 0 Å². The number of nitrogens with zero attached hydrogens (tertiary/aromatic N) is 1. The lowest BCUT2D eigenvalue weighted by molar-refractivity contribution is -0.353. The minimum atomic E-state index is 0.748. The van der Waals surface area contributed by atoms with Crippen molar-refractivity contribution >= 4 is 16.6 Å². The molecule has 3 heteroatoms. The number of para-hydroxylation sites is 1. The van der Waals surface area contributed by atoms with Crippen LogP contribution in [0.25, 0.3) is 33.5 Å². The first-order chi connectivity index (χ1) is 11.3. The number of nitrogen functional groups attached to an aromatic ring is 1. The van der Waals surface area contributed by atoms with Crippen molar-refractivity contribution in [2.24, 2.45) is 0 Å². The predicted octanol–water partition coefficient (Wildman–Crippen LogP) is 3.97. The number of hydrogen-bond donors (Lipinski definition) is 1. The number of rotatable bonds is 2. The molecule has 0 aliphatic rings. The molecule has 4 aromatic rings. The van der Waals surface area contributed by atoms with E-state index in [2.05, 4.69) is 29.2 Å². The summed E-state index contributed by atoms with van der Waals surface area (Å²) in [7, 11) is 0. The van der Waals surface area contributed by atoms with Gasteiger partial charge < -0.3 is 5.73 Å². The van der Waals surface area contributed by atoms with Crippen LogP contribution in [0.2, 0.25) is 0 Å². The second-order valence-electron chi connectivity index (χ2n) is 5.47. The molecule has 0 saturated heterocycles. The molecule has 110 valence electrons. The lowest BCUT2D eigenvalue weighted by atomic mass is 10.1. The zero-order valence-corrected chi connectivity index (χ0v) is 12.5. The highest BCUT2D eigenvalue weighted by atomic mass is 14.9. The Morgan fingerprint density at radius 1 is 0.739 bits per heavy atom. The van der Waals surface area contributed by atoms with Crippen LogP contribution in [0.3, 0.4) is 0 Å². The molecule has 0 bridgehead atoms. The highest BCUT2D eigenvalue weighted by Gasteiger charge is 2.17. The fourth-order valence-corrected chi connectivity index (χ4v) is 2.77. The van der Waals surface area contributed by atoms with E-state index in [1.165, 1.54) is 0 Å². The molecule has 3 aromatic carbocycles. The van der Waals surface area contributed by atoms with E-state index in [4.69, 9.17) is 10.7 Å². The molecule has 1 heterocycles. The van der Waals surface area contributed by atoms with Crippen LogP contribution in [0.15, 0.2) is 78.9 Å². The molecular formula is C20H16N3+. The lowest BCUT2D eigenvalue weighted by Crippen LogP contribution is -2.14. The third kappa shape index (κ3) is 2.53. The van der Waals surface area contributed by atoms with Gasteiger partial charge in [-0.3, -0.25) is 0 Å². The summed E-state index contributed by atoms with van der Waals surface area (Å²) < 4.78 is 0. The molecule has 0 aliphatic heterocycles. The van der Waals surface area contributed by atoms with Crippen LogP contribution < -0.4 is 10.7 Å². The van der Waals surface area contributed by atoms with Crippen molar-refractivity contribution in [2.45, 2.75) is 0 Å². The smallest absolute Gasteiger partial charge is 0.329 e. The fourth-order valence-electron chi connectivity index (χ4n) is 2.77. The molecular weight excluding hydrogens is 282 g/mol. The van der Waals surface area contributed by atoms with Gasteiger partial charge in [0.05, 0.1) is 10.9 Å². The number of aromatic amines is 1. The molecule has 0 radical (unpaired) electrons. The van der Waals surface area contributed by atoms with E-state index in [0.29, 0.717) is 0 Å². The van der Waals surface area contributed by atoms with Gasteiger partial charge in [0, 0.05) is 11.3 Å². The van der Waals surface area contributed by atoms with Gasteiger partial charge >= 0.3 is 5.82 Å². The number of anilines is 1. The van der Waals surface area contributed by atoms with Crippen molar-refractivity contribution < 1.29 is 4.98 Å². The summed E-state index contributed by atoms with van der Waals surface area (Å²) in [5.74, 6) is 0.849. The second kappa shape index (κ2) is 5.54. The van der Waals surface area contributed by atoms with Crippen LogP contribution in [0.1, 0.15) is 0 Å². The van der Waals surface area contributed by atoms with Crippen LogP contribution in [-0.2, 0) is 0 Å². The Kier molecular flexibility index (Phi) is 3.24. The number of nitrogens with one attached hydrogen (secondary N) is 1. The monoisotopic (exact) mass is 298 g/mol. The molecule has 0 unspecified atom stereocenters. The largest absolute Gasteiger partial charge is 0.399 e. The molecule has 4 rings (SSSR count). The first kappa shape index (κ1) is 13.5. The molecule has 1 aromatic heterocycles. The summed E-state index contributed by atoms with van der Waals surface area (Å²) in [4.78, 5) is 8.25. The zero-order chi connectivity index (χ0) is 15.6. The fraction of sp³-hybridized carbons (Fsp3) is 0. The minimum absolute atomic E-state index is 0.748. The number of benzene rings is 3. The van der Waals surface area contributed by atoms with Crippen LogP contribution in [-0.4, -0.2) is 4.98 Å². The molecule has 3 nitrogen and oxygen atoms in total. The van der Waals surface area contributed by atoms with Gasteiger partial charge in [0.15, 0.2) is 5.52 Å². The Morgan fingerprint density at radius 3 is 2.30 bits per heavy atom. The third-order valence-electron chi connectivity index (χ3n) is 3.87. The van der Waals surface area contributed by atoms with E-state index in [-0.39, 0.29) is 0 Å². The molecule has 3 N–H and O–H groups in total. The normalized spacial score (nSPS) is 10.8. The van der Waals surface area contributed by atoms with Crippen molar-refractivity contribution in [3.63, 3.8) is 0 Å². The third-order valence-corrected chi connectivity index (χ3v) is 3.87. The van der Waals surface area contributed by atoms with Crippen molar-refractivity contribution in [3.05, 3.63) is 78.9 Å². The maximum absolute atomic E-state index is 5.96. The summed E-state index contributed by atoms with van der Waals surface area (Å²) in [6, 6.07) is 26.2. The Balaban J connectivity index is 2.02. The van der Waals surface area contributed by atoms with Crippen LogP contribution in [0.5, 0.6) is 0 Å². The first-order valence-electron chi connectivity index (χ1n) is 7.55. The van der Waals surface area contributed by atoms with E-state index in [1.54, 1.807) is 0 Å². The second-order valence-corrected chi connectivity index (χ2v) is 5.47. The summed E-state index contributed by atoms with van der Waals surface area (Å²) in [5, 5.41) is 1.08. The SMILES string of the molecule is Nc1cccc(-c2[nH+]c(-c3ccccc3)nc3ccccc23)c1. The Bertz CT molecular complexity index is 978. The maximum atomic E-state index is 5.96. The number of hydrogen-bond acceptors (Lipinski definition) is 2. The molecule has 23 heavy (non-hydrogen) atoms. The van der Waals surface area contributed by atoms with Gasteiger partial charge in [-0.1, -0.05) is 42.5 Å². The number of fused-ring (bicyclic) bond motifs is 1. The van der Waals surface area contributed by atoms with Crippen molar-refractivity contribution in [1.82, 2.24) is 4.98 Å². The Labute approximate surface area is 134 Å². The summed E-state index contributed by atoms with van der Waals surface area (Å²) in [6.07, 6.45) is 0. The van der Waals surface area contributed by atoms with E-state index >= 15 is 0 Å². The van der Waals surface area contributed by atoms with Gasteiger partial charge in [-0.05, 0) is 41.4 Å². The summed E-state index contributed by atoms with van der Waals surface area (Å²) >= 11 is 0. The number of H-pyrrole nitrogens is 1. The maximum Gasteiger partial charge on any atom is 0.329 e. The first-order valence-corrected chi connectivity index (χ1v) is 7.55. The van der Waals surface area contributed by atoms with Crippen molar-refractivity contribution in [1.29, 1.82) is 0 Å². The van der Waals surface area contributed by atoms with Crippen LogP contribution in [0, 0.1) is 0 Å². The van der Waals surface area contributed by atoms with E-state index in [0.717, 1.165) is 39.2 Å². The minimum Gasteiger partial charge on any atom is -0.399 e. The summed E-state index contributed by atoms with van der Waals surface area (Å²) in [6.45, 7) is 0. The molecule has 0 spiro atoms. The summed E-state index contributed by atoms with van der Waals surface area (Å²) in [5.41, 5.74) is 10.8. The van der Waals surface area contributed by atoms with Crippen LogP contribution >= 0.6 is 0 Å². The highest BCUT2D eigenvalue weighted by molar-refractivity contribution is 5.91. The standard InChI is InChI=1S/C20H15N3/c21-16-10-6-9-15(13-16)19-17-11-4-5-12-18(17)22-20(23-19)14-7-2-1-3-8-14/h1-13H,21H2/p+1.